The van der Waals surface area contributed by atoms with E-state index in [4.69, 9.17) is 16.3 Å². The fourth-order valence-corrected chi connectivity index (χ4v) is 4.61. The van der Waals surface area contributed by atoms with Gasteiger partial charge in [-0.2, -0.15) is 4.31 Å². The molecule has 148 valence electrons. The Morgan fingerprint density at radius 1 is 0.964 bits per heavy atom. The van der Waals surface area contributed by atoms with Crippen molar-refractivity contribution in [1.29, 1.82) is 0 Å². The molecule has 0 aliphatic carbocycles. The van der Waals surface area contributed by atoms with Crippen LogP contribution in [0.5, 0.6) is 0 Å². The second-order valence-electron chi connectivity index (χ2n) is 6.55. The van der Waals surface area contributed by atoms with Crippen LogP contribution in [0.15, 0.2) is 53.4 Å². The summed E-state index contributed by atoms with van der Waals surface area (Å²) in [5.41, 5.74) is 0.563. The van der Waals surface area contributed by atoms with Crippen molar-refractivity contribution in [2.75, 3.05) is 13.1 Å². The average Bonchev–Trinajstić information content (AvgIpc) is 3.24. The van der Waals surface area contributed by atoms with Crippen LogP contribution in [-0.2, 0) is 14.8 Å². The number of hydrogen-bond donors (Lipinski definition) is 0. The summed E-state index contributed by atoms with van der Waals surface area (Å²) in [7, 11) is -3.54. The Bertz CT molecular complexity index is 965. The van der Waals surface area contributed by atoms with E-state index in [1.165, 1.54) is 35.5 Å². The summed E-state index contributed by atoms with van der Waals surface area (Å²) in [6.45, 7) is 2.51. The van der Waals surface area contributed by atoms with Gasteiger partial charge in [0.05, 0.1) is 10.5 Å². The number of carbonyl (C=O) groups is 2. The molecule has 0 N–H and O–H groups in total. The molecule has 1 atom stereocenters. The van der Waals surface area contributed by atoms with Gasteiger partial charge in [-0.1, -0.05) is 11.6 Å². The summed E-state index contributed by atoms with van der Waals surface area (Å²) in [6, 6.07) is 11.9. The van der Waals surface area contributed by atoms with E-state index < -0.39 is 22.1 Å². The highest BCUT2D eigenvalue weighted by molar-refractivity contribution is 7.89. The van der Waals surface area contributed by atoms with Crippen LogP contribution in [0.25, 0.3) is 0 Å². The van der Waals surface area contributed by atoms with Gasteiger partial charge in [0.25, 0.3) is 0 Å². The molecule has 6 nitrogen and oxygen atoms in total. The van der Waals surface area contributed by atoms with Gasteiger partial charge < -0.3 is 4.74 Å². The zero-order valence-corrected chi connectivity index (χ0v) is 16.9. The topological polar surface area (TPSA) is 80.8 Å². The van der Waals surface area contributed by atoms with E-state index in [1.807, 2.05) is 0 Å². The van der Waals surface area contributed by atoms with Gasteiger partial charge in [0.2, 0.25) is 15.8 Å². The molecule has 1 heterocycles. The number of hydrogen-bond acceptors (Lipinski definition) is 5. The SMILES string of the molecule is CC(OC(=O)c1ccc(S(=O)(=O)N2CCCC2)cc1)C(=O)c1ccc(Cl)cc1. The van der Waals surface area contributed by atoms with Gasteiger partial charge in [-0.15, -0.1) is 0 Å². The van der Waals surface area contributed by atoms with Crippen molar-refractivity contribution in [3.8, 4) is 0 Å². The minimum absolute atomic E-state index is 0.135. The number of benzene rings is 2. The third kappa shape index (κ3) is 4.43. The fourth-order valence-electron chi connectivity index (χ4n) is 2.97. The van der Waals surface area contributed by atoms with E-state index in [9.17, 15) is 18.0 Å². The predicted octanol–water partition coefficient (Wildman–Crippen LogP) is 3.55. The zero-order chi connectivity index (χ0) is 20.3. The normalized spacial score (nSPS) is 15.9. The molecule has 2 aromatic carbocycles. The summed E-state index contributed by atoms with van der Waals surface area (Å²) in [4.78, 5) is 24.8. The van der Waals surface area contributed by atoms with Gasteiger partial charge >= 0.3 is 5.97 Å². The van der Waals surface area contributed by atoms with Crippen LogP contribution in [-0.4, -0.2) is 43.7 Å². The molecule has 1 saturated heterocycles. The molecule has 2 aromatic rings. The molecule has 0 aromatic heterocycles. The standard InChI is InChI=1S/C20H20ClNO5S/c1-14(19(23)15-4-8-17(21)9-5-15)27-20(24)16-6-10-18(11-7-16)28(25,26)22-12-2-3-13-22/h4-11,14H,2-3,12-13H2,1H3. The lowest BCUT2D eigenvalue weighted by molar-refractivity contribution is 0.0318. The number of esters is 1. The summed E-state index contributed by atoms with van der Waals surface area (Å²) in [5, 5.41) is 0.505. The van der Waals surface area contributed by atoms with Crippen LogP contribution < -0.4 is 0 Å². The minimum Gasteiger partial charge on any atom is -0.451 e. The number of ether oxygens (including phenoxy) is 1. The van der Waals surface area contributed by atoms with Crippen molar-refractivity contribution in [2.45, 2.75) is 30.8 Å². The first kappa shape index (κ1) is 20.5. The van der Waals surface area contributed by atoms with Crippen molar-refractivity contribution in [3.63, 3.8) is 0 Å². The summed E-state index contributed by atoms with van der Waals surface area (Å²) < 4.78 is 31.7. The van der Waals surface area contributed by atoms with E-state index in [1.54, 1.807) is 24.3 Å². The quantitative estimate of drug-likeness (QED) is 0.526. The Morgan fingerprint density at radius 3 is 2.07 bits per heavy atom. The van der Waals surface area contributed by atoms with Crippen molar-refractivity contribution in [2.24, 2.45) is 0 Å². The molecule has 0 amide bonds. The number of sulfonamides is 1. The van der Waals surface area contributed by atoms with E-state index >= 15 is 0 Å². The van der Waals surface area contributed by atoms with Crippen molar-refractivity contribution >= 4 is 33.4 Å². The number of rotatable bonds is 6. The number of halogens is 1. The van der Waals surface area contributed by atoms with Crippen molar-refractivity contribution < 1.29 is 22.7 Å². The number of carbonyl (C=O) groups excluding carboxylic acids is 2. The average molecular weight is 422 g/mol. The van der Waals surface area contributed by atoms with Crippen LogP contribution in [0.3, 0.4) is 0 Å². The van der Waals surface area contributed by atoms with Gasteiger partial charge in [0.1, 0.15) is 0 Å². The maximum atomic E-state index is 12.5. The molecule has 0 saturated carbocycles. The maximum Gasteiger partial charge on any atom is 0.338 e. The largest absolute Gasteiger partial charge is 0.451 e. The molecular weight excluding hydrogens is 402 g/mol. The Balaban J connectivity index is 1.67. The smallest absolute Gasteiger partial charge is 0.338 e. The molecule has 0 bridgehead atoms. The lowest BCUT2D eigenvalue weighted by Gasteiger charge is -2.16. The second kappa shape index (κ2) is 8.43. The first-order valence-electron chi connectivity index (χ1n) is 8.90. The van der Waals surface area contributed by atoms with Crippen LogP contribution in [0, 0.1) is 0 Å². The van der Waals surface area contributed by atoms with E-state index in [-0.39, 0.29) is 16.2 Å². The Morgan fingerprint density at radius 2 is 1.50 bits per heavy atom. The van der Waals surface area contributed by atoms with E-state index in [0.717, 1.165) is 12.8 Å². The van der Waals surface area contributed by atoms with Crippen LogP contribution >= 0.6 is 11.6 Å². The Kier molecular flexibility index (Phi) is 6.17. The molecule has 0 radical (unpaired) electrons. The van der Waals surface area contributed by atoms with Crippen molar-refractivity contribution in [3.05, 3.63) is 64.7 Å². The summed E-state index contributed by atoms with van der Waals surface area (Å²) in [5.74, 6) is -1.04. The predicted molar refractivity (Wildman–Crippen MR) is 105 cm³/mol. The molecule has 8 heteroatoms. The van der Waals surface area contributed by atoms with Crippen LogP contribution in [0.1, 0.15) is 40.5 Å². The zero-order valence-electron chi connectivity index (χ0n) is 15.3. The molecule has 1 aliphatic rings. The fraction of sp³-hybridized carbons (Fsp3) is 0.300. The van der Waals surface area contributed by atoms with E-state index in [2.05, 4.69) is 0 Å². The van der Waals surface area contributed by atoms with Gasteiger partial charge in [-0.25, -0.2) is 13.2 Å². The number of ketones is 1. The highest BCUT2D eigenvalue weighted by Gasteiger charge is 2.27. The number of nitrogens with zero attached hydrogens (tertiary/aromatic N) is 1. The second-order valence-corrected chi connectivity index (χ2v) is 8.93. The van der Waals surface area contributed by atoms with E-state index in [0.29, 0.717) is 23.7 Å². The van der Waals surface area contributed by atoms with Gasteiger partial charge in [0.15, 0.2) is 6.10 Å². The molecule has 1 fully saturated rings. The van der Waals surface area contributed by atoms with Crippen LogP contribution in [0.4, 0.5) is 0 Å². The maximum absolute atomic E-state index is 12.5. The molecule has 0 spiro atoms. The Hall–Kier alpha value is -2.22. The Labute approximate surface area is 169 Å². The molecular formula is C20H20ClNO5S. The van der Waals surface area contributed by atoms with Gasteiger partial charge in [-0.05, 0) is 68.3 Å². The van der Waals surface area contributed by atoms with Crippen molar-refractivity contribution in [1.82, 2.24) is 4.31 Å². The highest BCUT2D eigenvalue weighted by Crippen LogP contribution is 2.21. The first-order valence-corrected chi connectivity index (χ1v) is 10.7. The molecule has 1 unspecified atom stereocenters. The lowest BCUT2D eigenvalue weighted by atomic mass is 10.1. The molecule has 28 heavy (non-hydrogen) atoms. The molecule has 1 aliphatic heterocycles. The third-order valence-electron chi connectivity index (χ3n) is 4.57. The monoisotopic (exact) mass is 421 g/mol. The first-order chi connectivity index (χ1) is 13.3. The van der Waals surface area contributed by atoms with Gasteiger partial charge in [-0.3, -0.25) is 4.79 Å². The summed E-state index contributed by atoms with van der Waals surface area (Å²) >= 11 is 5.80. The minimum atomic E-state index is -3.54. The van der Waals surface area contributed by atoms with Crippen LogP contribution in [0.2, 0.25) is 5.02 Å². The third-order valence-corrected chi connectivity index (χ3v) is 6.74. The lowest BCUT2D eigenvalue weighted by Crippen LogP contribution is -2.28. The number of Topliss-reactive ketones (excluding diaryl/α,β-unsaturated/α-hetero) is 1. The highest BCUT2D eigenvalue weighted by atomic mass is 35.5. The summed E-state index contributed by atoms with van der Waals surface area (Å²) in [6.07, 6.45) is 0.716. The molecule has 3 rings (SSSR count). The van der Waals surface area contributed by atoms with Gasteiger partial charge in [0, 0.05) is 23.7 Å².